The summed E-state index contributed by atoms with van der Waals surface area (Å²) in [5.74, 6) is 0. The average Bonchev–Trinajstić information content (AvgIpc) is 3.26. The highest BCUT2D eigenvalue weighted by Gasteiger charge is 2.48. The highest BCUT2D eigenvalue weighted by molar-refractivity contribution is 7.22. The van der Waals surface area contributed by atoms with Crippen molar-refractivity contribution >= 4 is 22.7 Å². The number of fused-ring (bicyclic) bond motifs is 3. The largest absolute Gasteiger partial charge is 0.139 e. The van der Waals surface area contributed by atoms with Crippen molar-refractivity contribution in [3.05, 3.63) is 105 Å². The summed E-state index contributed by atoms with van der Waals surface area (Å²) in [5, 5.41) is 0. The molecule has 0 radical (unpaired) electrons. The van der Waals surface area contributed by atoms with Crippen molar-refractivity contribution in [2.24, 2.45) is 0 Å². The number of rotatable bonds is 2. The highest BCUT2D eigenvalue weighted by atomic mass is 32.1. The topological polar surface area (TPSA) is 0 Å². The molecule has 0 unspecified atom stereocenters. The monoisotopic (exact) mass is 358 g/mol. The molecular weight excluding hydrogens is 340 g/mol. The van der Waals surface area contributed by atoms with E-state index in [9.17, 15) is 0 Å². The molecule has 25 heavy (non-hydrogen) atoms. The van der Waals surface area contributed by atoms with E-state index >= 15 is 0 Å². The van der Waals surface area contributed by atoms with Crippen molar-refractivity contribution in [2.75, 3.05) is 0 Å². The number of thiophene rings is 2. The summed E-state index contributed by atoms with van der Waals surface area (Å²) >= 11 is 3.87. The minimum Gasteiger partial charge on any atom is -0.139 e. The van der Waals surface area contributed by atoms with Crippen LogP contribution in [0.4, 0.5) is 0 Å². The molecule has 2 heterocycles. The Bertz CT molecular complexity index is 964. The van der Waals surface area contributed by atoms with Gasteiger partial charge in [0.15, 0.2) is 0 Å². The first-order valence-corrected chi connectivity index (χ1v) is 10.2. The van der Waals surface area contributed by atoms with Crippen LogP contribution < -0.4 is 0 Å². The highest BCUT2D eigenvalue weighted by Crippen LogP contribution is 2.60. The second-order valence-electron chi connectivity index (χ2n) is 6.68. The Morgan fingerprint density at radius 2 is 1.00 bits per heavy atom. The normalized spacial score (nSPS) is 14.3. The van der Waals surface area contributed by atoms with Crippen LogP contribution in [-0.4, -0.2) is 0 Å². The van der Waals surface area contributed by atoms with Crippen LogP contribution >= 0.6 is 22.7 Å². The van der Waals surface area contributed by atoms with E-state index in [2.05, 4.69) is 86.6 Å². The van der Waals surface area contributed by atoms with E-state index in [0.29, 0.717) is 0 Å². The fourth-order valence-electron chi connectivity index (χ4n) is 4.23. The molecule has 2 aromatic carbocycles. The van der Waals surface area contributed by atoms with E-state index in [1.807, 2.05) is 22.7 Å². The van der Waals surface area contributed by atoms with Crippen molar-refractivity contribution in [3.8, 4) is 9.75 Å². The van der Waals surface area contributed by atoms with Gasteiger partial charge in [0.2, 0.25) is 0 Å². The molecule has 0 amide bonds. The van der Waals surface area contributed by atoms with Crippen molar-refractivity contribution in [1.29, 1.82) is 0 Å². The van der Waals surface area contributed by atoms with Gasteiger partial charge in [0.1, 0.15) is 0 Å². The van der Waals surface area contributed by atoms with Crippen LogP contribution in [0, 0.1) is 13.8 Å². The number of hydrogen-bond donors (Lipinski definition) is 0. The third kappa shape index (κ3) is 1.98. The maximum atomic E-state index is 2.40. The van der Waals surface area contributed by atoms with Crippen LogP contribution in [0.15, 0.2) is 72.8 Å². The molecule has 1 aliphatic carbocycles. The molecule has 122 valence electrons. The zero-order chi connectivity index (χ0) is 17.0. The molecule has 0 spiro atoms. The molecule has 0 nitrogen and oxygen atoms in total. The van der Waals surface area contributed by atoms with Gasteiger partial charge in [0.25, 0.3) is 0 Å². The Kier molecular flexibility index (Phi) is 3.28. The summed E-state index contributed by atoms with van der Waals surface area (Å²) in [6.45, 7) is 4.45. The van der Waals surface area contributed by atoms with Gasteiger partial charge < -0.3 is 0 Å². The molecule has 5 rings (SSSR count). The number of aryl methyl sites for hydroxylation is 2. The Morgan fingerprint density at radius 3 is 1.40 bits per heavy atom. The van der Waals surface area contributed by atoms with Crippen LogP contribution in [0.5, 0.6) is 0 Å². The lowest BCUT2D eigenvalue weighted by Crippen LogP contribution is -2.27. The van der Waals surface area contributed by atoms with Gasteiger partial charge in [-0.15, -0.1) is 22.7 Å². The van der Waals surface area contributed by atoms with E-state index in [0.717, 1.165) is 0 Å². The summed E-state index contributed by atoms with van der Waals surface area (Å²) in [7, 11) is 0. The number of hydrogen-bond acceptors (Lipinski definition) is 2. The van der Waals surface area contributed by atoms with E-state index in [1.165, 1.54) is 41.8 Å². The molecule has 2 heteroatoms. The molecule has 0 bridgehead atoms. The molecule has 0 aliphatic heterocycles. The second-order valence-corrected chi connectivity index (χ2v) is 9.19. The predicted molar refractivity (Wildman–Crippen MR) is 109 cm³/mol. The Hall–Kier alpha value is -2.16. The molecule has 0 saturated carbocycles. The minimum absolute atomic E-state index is 0.192. The molecule has 0 atom stereocenters. The van der Waals surface area contributed by atoms with E-state index < -0.39 is 0 Å². The lowest BCUT2D eigenvalue weighted by molar-refractivity contribution is 0.771. The van der Waals surface area contributed by atoms with E-state index in [-0.39, 0.29) is 5.41 Å². The average molecular weight is 359 g/mol. The molecular formula is C23H18S2. The lowest BCUT2D eigenvalue weighted by Gasteiger charge is -2.32. The van der Waals surface area contributed by atoms with Gasteiger partial charge in [-0.1, -0.05) is 60.7 Å². The van der Waals surface area contributed by atoms with Crippen LogP contribution in [0.25, 0.3) is 9.75 Å². The molecule has 0 saturated heterocycles. The quantitative estimate of drug-likeness (QED) is 0.326. The maximum Gasteiger partial charge on any atom is 0.0730 e. The Balaban J connectivity index is 1.97. The minimum atomic E-state index is -0.192. The molecule has 0 fully saturated rings. The van der Waals surface area contributed by atoms with Gasteiger partial charge in [-0.3, -0.25) is 0 Å². The summed E-state index contributed by atoms with van der Waals surface area (Å²) in [5.41, 5.74) is 5.43. The van der Waals surface area contributed by atoms with Crippen molar-refractivity contribution in [2.45, 2.75) is 19.3 Å². The van der Waals surface area contributed by atoms with Crippen LogP contribution in [0.3, 0.4) is 0 Å². The summed E-state index contributed by atoms with van der Waals surface area (Å²) in [6.07, 6.45) is 0. The van der Waals surface area contributed by atoms with E-state index in [1.54, 1.807) is 0 Å². The first kappa shape index (κ1) is 15.1. The third-order valence-electron chi connectivity index (χ3n) is 5.14. The smallest absolute Gasteiger partial charge is 0.0730 e. The maximum absolute atomic E-state index is 2.40. The molecule has 1 aliphatic rings. The van der Waals surface area contributed by atoms with Gasteiger partial charge in [0.05, 0.1) is 5.41 Å². The molecule has 4 aromatic rings. The van der Waals surface area contributed by atoms with Gasteiger partial charge >= 0.3 is 0 Å². The fraction of sp³-hybridized carbons (Fsp3) is 0.130. The van der Waals surface area contributed by atoms with Crippen LogP contribution in [0.2, 0.25) is 0 Å². The first-order chi connectivity index (χ1) is 12.2. The van der Waals surface area contributed by atoms with Gasteiger partial charge in [0, 0.05) is 19.5 Å². The summed E-state index contributed by atoms with van der Waals surface area (Å²) in [4.78, 5) is 5.69. The Morgan fingerprint density at radius 1 is 0.600 bits per heavy atom. The van der Waals surface area contributed by atoms with Crippen LogP contribution in [-0.2, 0) is 5.41 Å². The Labute approximate surface area is 156 Å². The summed E-state index contributed by atoms with van der Waals surface area (Å²) in [6, 6.07) is 26.8. The van der Waals surface area contributed by atoms with Crippen molar-refractivity contribution < 1.29 is 0 Å². The predicted octanol–water partition coefficient (Wildman–Crippen LogP) is 6.79. The van der Waals surface area contributed by atoms with Crippen molar-refractivity contribution in [3.63, 3.8) is 0 Å². The second kappa shape index (κ2) is 5.42. The van der Waals surface area contributed by atoms with Gasteiger partial charge in [-0.2, -0.15) is 0 Å². The van der Waals surface area contributed by atoms with Gasteiger partial charge in [-0.25, -0.2) is 0 Å². The number of benzene rings is 2. The third-order valence-corrected chi connectivity index (χ3v) is 7.40. The van der Waals surface area contributed by atoms with Crippen LogP contribution in [0.1, 0.15) is 32.0 Å². The summed E-state index contributed by atoms with van der Waals surface area (Å²) < 4.78 is 0. The van der Waals surface area contributed by atoms with Gasteiger partial charge in [-0.05, 0) is 48.2 Å². The van der Waals surface area contributed by atoms with E-state index in [4.69, 9.17) is 0 Å². The molecule has 0 N–H and O–H groups in total. The fourth-order valence-corrected chi connectivity index (χ4v) is 6.53. The SMILES string of the molecule is Cc1cc2c(s1)-c1sc(C)cc1C2(c1ccccc1)c1ccccc1. The first-order valence-electron chi connectivity index (χ1n) is 8.54. The van der Waals surface area contributed by atoms with Crippen molar-refractivity contribution in [1.82, 2.24) is 0 Å². The zero-order valence-corrected chi connectivity index (χ0v) is 15.9. The molecule has 2 aromatic heterocycles. The zero-order valence-electron chi connectivity index (χ0n) is 14.2. The lowest BCUT2D eigenvalue weighted by atomic mass is 9.68. The standard InChI is InChI=1S/C23H18S2/c1-15-13-19-21(24-15)22-20(14-16(2)25-22)23(19,17-9-5-3-6-10-17)18-11-7-4-8-12-18/h3-14H,1-2H3.